The fraction of sp³-hybridized carbons (Fsp3) is 0.333. The molecule has 0 saturated carbocycles. The molecule has 2 aliphatic rings. The summed E-state index contributed by atoms with van der Waals surface area (Å²) in [6, 6.07) is 6.55. The minimum Gasteiger partial charge on any atom is -0.493 e. The van der Waals surface area contributed by atoms with Gasteiger partial charge in [0.1, 0.15) is 5.75 Å². The maximum Gasteiger partial charge on any atom is 0.122 e. The summed E-state index contributed by atoms with van der Waals surface area (Å²) < 4.78 is 5.57. The third-order valence-electron chi connectivity index (χ3n) is 3.84. The Bertz CT molecular complexity index is 573. The van der Waals surface area contributed by atoms with Gasteiger partial charge in [-0.15, -0.1) is 0 Å². The quantitative estimate of drug-likeness (QED) is 0.750. The van der Waals surface area contributed by atoms with E-state index in [9.17, 15) is 0 Å². The average Bonchev–Trinajstić information content (AvgIpc) is 2.72. The molecule has 3 rings (SSSR count). The van der Waals surface area contributed by atoms with Crippen LogP contribution in [0.1, 0.15) is 31.4 Å². The van der Waals surface area contributed by atoms with Crippen molar-refractivity contribution in [3.8, 4) is 5.75 Å². The van der Waals surface area contributed by atoms with E-state index in [1.165, 1.54) is 22.3 Å². The van der Waals surface area contributed by atoms with Crippen LogP contribution in [0.15, 0.2) is 48.1 Å². The standard InChI is InChI=1S/C18H20O/c1-13(2)14-4-3-5-15(7-6-14)16-8-9-18-17(12-16)10-11-19-18/h4-9,12-13H,3,10-11H2,1-2H3. The Balaban J connectivity index is 1.88. The maximum atomic E-state index is 5.57. The van der Waals surface area contributed by atoms with Crippen molar-refractivity contribution in [2.45, 2.75) is 26.7 Å². The van der Waals surface area contributed by atoms with Crippen LogP contribution >= 0.6 is 0 Å². The lowest BCUT2D eigenvalue weighted by Crippen LogP contribution is -1.89. The van der Waals surface area contributed by atoms with Gasteiger partial charge in [0, 0.05) is 6.42 Å². The Kier molecular flexibility index (Phi) is 3.29. The zero-order valence-corrected chi connectivity index (χ0v) is 11.6. The SMILES string of the molecule is CC(C)C1=CCC=C(c2ccc3c(c2)CCO3)C=C1. The number of hydrogen-bond donors (Lipinski definition) is 0. The lowest BCUT2D eigenvalue weighted by atomic mass is 10.00. The summed E-state index contributed by atoms with van der Waals surface area (Å²) in [7, 11) is 0. The number of allylic oxidation sites excluding steroid dienone is 6. The summed E-state index contributed by atoms with van der Waals surface area (Å²) in [6.07, 6.45) is 11.2. The molecule has 0 spiro atoms. The Morgan fingerprint density at radius 2 is 2.00 bits per heavy atom. The number of ether oxygens (including phenoxy) is 1. The number of benzene rings is 1. The lowest BCUT2D eigenvalue weighted by Gasteiger charge is -2.06. The van der Waals surface area contributed by atoms with E-state index >= 15 is 0 Å². The minimum absolute atomic E-state index is 0.595. The first kappa shape index (κ1) is 12.3. The lowest BCUT2D eigenvalue weighted by molar-refractivity contribution is 0.357. The molecule has 19 heavy (non-hydrogen) atoms. The highest BCUT2D eigenvalue weighted by molar-refractivity contribution is 5.76. The normalized spacial score (nSPS) is 17.6. The second kappa shape index (κ2) is 5.08. The minimum atomic E-state index is 0.595. The highest BCUT2D eigenvalue weighted by Gasteiger charge is 2.13. The summed E-state index contributed by atoms with van der Waals surface area (Å²) in [4.78, 5) is 0. The van der Waals surface area contributed by atoms with Gasteiger partial charge in [0.25, 0.3) is 0 Å². The molecule has 1 nitrogen and oxygen atoms in total. The van der Waals surface area contributed by atoms with Crippen LogP contribution in [0.5, 0.6) is 5.75 Å². The first-order valence-electron chi connectivity index (χ1n) is 7.08. The van der Waals surface area contributed by atoms with E-state index in [2.05, 4.69) is 56.4 Å². The molecule has 1 heteroatoms. The number of rotatable bonds is 2. The first-order valence-corrected chi connectivity index (χ1v) is 7.08. The summed E-state index contributed by atoms with van der Waals surface area (Å²) >= 11 is 0. The second-order valence-corrected chi connectivity index (χ2v) is 5.51. The second-order valence-electron chi connectivity index (χ2n) is 5.51. The average molecular weight is 252 g/mol. The Morgan fingerprint density at radius 3 is 2.84 bits per heavy atom. The smallest absolute Gasteiger partial charge is 0.122 e. The summed E-state index contributed by atoms with van der Waals surface area (Å²) in [5.41, 5.74) is 5.39. The molecule has 0 saturated heterocycles. The summed E-state index contributed by atoms with van der Waals surface area (Å²) in [5.74, 6) is 1.65. The summed E-state index contributed by atoms with van der Waals surface area (Å²) in [6.45, 7) is 5.31. The molecule has 0 amide bonds. The van der Waals surface area contributed by atoms with Crippen molar-refractivity contribution in [2.24, 2.45) is 5.92 Å². The molecule has 0 fully saturated rings. The third-order valence-corrected chi connectivity index (χ3v) is 3.84. The van der Waals surface area contributed by atoms with Crippen LogP contribution in [-0.2, 0) is 6.42 Å². The molecule has 0 aromatic heterocycles. The predicted molar refractivity (Wildman–Crippen MR) is 80.3 cm³/mol. The van der Waals surface area contributed by atoms with E-state index < -0.39 is 0 Å². The van der Waals surface area contributed by atoms with Gasteiger partial charge in [-0.25, -0.2) is 0 Å². The molecule has 0 N–H and O–H groups in total. The number of hydrogen-bond acceptors (Lipinski definition) is 1. The van der Waals surface area contributed by atoms with Crippen LogP contribution in [0.3, 0.4) is 0 Å². The van der Waals surface area contributed by atoms with Gasteiger partial charge in [0.05, 0.1) is 6.61 Å². The fourth-order valence-corrected chi connectivity index (χ4v) is 2.65. The number of fused-ring (bicyclic) bond motifs is 1. The highest BCUT2D eigenvalue weighted by atomic mass is 16.5. The van der Waals surface area contributed by atoms with Crippen LogP contribution in [0, 0.1) is 5.92 Å². The third kappa shape index (κ3) is 2.51. The molecule has 1 aliphatic carbocycles. The van der Waals surface area contributed by atoms with Gasteiger partial charge in [-0.05, 0) is 46.7 Å². The fourth-order valence-electron chi connectivity index (χ4n) is 2.65. The van der Waals surface area contributed by atoms with Crippen molar-refractivity contribution >= 4 is 5.57 Å². The Hall–Kier alpha value is -1.76. The van der Waals surface area contributed by atoms with Gasteiger partial charge in [0.2, 0.25) is 0 Å². The molecule has 98 valence electrons. The van der Waals surface area contributed by atoms with Gasteiger partial charge in [-0.3, -0.25) is 0 Å². The van der Waals surface area contributed by atoms with Crippen LogP contribution in [0.2, 0.25) is 0 Å². The van der Waals surface area contributed by atoms with Crippen molar-refractivity contribution in [3.05, 3.63) is 59.2 Å². The molecular formula is C18H20O. The van der Waals surface area contributed by atoms with Crippen molar-refractivity contribution < 1.29 is 4.74 Å². The van der Waals surface area contributed by atoms with Crippen molar-refractivity contribution in [3.63, 3.8) is 0 Å². The van der Waals surface area contributed by atoms with Crippen LogP contribution in [-0.4, -0.2) is 6.61 Å². The predicted octanol–water partition coefficient (Wildman–Crippen LogP) is 4.55. The molecular weight excluding hydrogens is 232 g/mol. The maximum absolute atomic E-state index is 5.57. The molecule has 0 radical (unpaired) electrons. The molecule has 1 heterocycles. The van der Waals surface area contributed by atoms with Gasteiger partial charge in [0.15, 0.2) is 0 Å². The molecule has 1 aromatic rings. The zero-order valence-electron chi connectivity index (χ0n) is 11.6. The zero-order chi connectivity index (χ0) is 13.2. The van der Waals surface area contributed by atoms with E-state index in [-0.39, 0.29) is 0 Å². The molecule has 0 atom stereocenters. The highest BCUT2D eigenvalue weighted by Crippen LogP contribution is 2.30. The van der Waals surface area contributed by atoms with Gasteiger partial charge < -0.3 is 4.74 Å². The molecule has 0 bridgehead atoms. The Labute approximate surface area is 115 Å². The first-order chi connectivity index (χ1) is 9.24. The van der Waals surface area contributed by atoms with E-state index in [1.54, 1.807) is 0 Å². The van der Waals surface area contributed by atoms with Crippen LogP contribution in [0.25, 0.3) is 5.57 Å². The van der Waals surface area contributed by atoms with E-state index in [0.717, 1.165) is 25.2 Å². The largest absolute Gasteiger partial charge is 0.493 e. The summed E-state index contributed by atoms with van der Waals surface area (Å²) in [5, 5.41) is 0. The van der Waals surface area contributed by atoms with E-state index in [0.29, 0.717) is 5.92 Å². The topological polar surface area (TPSA) is 9.23 Å². The molecule has 0 unspecified atom stereocenters. The molecule has 1 aromatic carbocycles. The van der Waals surface area contributed by atoms with Gasteiger partial charge >= 0.3 is 0 Å². The van der Waals surface area contributed by atoms with Crippen molar-refractivity contribution in [1.29, 1.82) is 0 Å². The van der Waals surface area contributed by atoms with Gasteiger partial charge in [-0.2, -0.15) is 0 Å². The van der Waals surface area contributed by atoms with Gasteiger partial charge in [-0.1, -0.05) is 44.2 Å². The van der Waals surface area contributed by atoms with E-state index in [4.69, 9.17) is 4.74 Å². The van der Waals surface area contributed by atoms with Crippen molar-refractivity contribution in [1.82, 2.24) is 0 Å². The monoisotopic (exact) mass is 252 g/mol. The van der Waals surface area contributed by atoms with E-state index in [1.807, 2.05) is 0 Å². The van der Waals surface area contributed by atoms with Crippen molar-refractivity contribution in [2.75, 3.05) is 6.61 Å². The van der Waals surface area contributed by atoms with Crippen LogP contribution in [0.4, 0.5) is 0 Å². The Morgan fingerprint density at radius 1 is 1.11 bits per heavy atom. The molecule has 1 aliphatic heterocycles. The van der Waals surface area contributed by atoms with Crippen LogP contribution < -0.4 is 4.74 Å².